The maximum absolute atomic E-state index is 11.7. The van der Waals surface area contributed by atoms with Crippen molar-refractivity contribution in [1.29, 1.82) is 0 Å². The summed E-state index contributed by atoms with van der Waals surface area (Å²) < 4.78 is 0. The number of piperazine rings is 1. The third-order valence-electron chi connectivity index (χ3n) is 3.51. The maximum atomic E-state index is 11.7. The zero-order valence-electron chi connectivity index (χ0n) is 11.5. The number of carbonyl (C=O) groups is 1. The lowest BCUT2D eigenvalue weighted by atomic mass is 10.3. The normalized spacial score (nSPS) is 17.5. The number of carbonyl (C=O) groups excluding carboxylic acids is 1. The summed E-state index contributed by atoms with van der Waals surface area (Å²) in [6.45, 7) is 9.78. The summed E-state index contributed by atoms with van der Waals surface area (Å²) in [5, 5.41) is 4.69. The number of amides is 1. The first kappa shape index (κ1) is 14.4. The molecule has 0 saturated carbocycles. The highest BCUT2D eigenvalue weighted by Gasteiger charge is 2.14. The zero-order valence-corrected chi connectivity index (χ0v) is 12.3. The molecule has 1 aliphatic heterocycles. The Labute approximate surface area is 118 Å². The summed E-state index contributed by atoms with van der Waals surface area (Å²) in [6, 6.07) is 0. The molecule has 1 N–H and O–H groups in total. The minimum absolute atomic E-state index is 0.0583. The fourth-order valence-corrected chi connectivity index (χ4v) is 2.78. The van der Waals surface area contributed by atoms with Gasteiger partial charge in [-0.05, 0) is 19.5 Å². The van der Waals surface area contributed by atoms with E-state index in [1.54, 1.807) is 10.9 Å². The number of aromatic nitrogens is 1. The van der Waals surface area contributed by atoms with Gasteiger partial charge in [-0.2, -0.15) is 0 Å². The third kappa shape index (κ3) is 4.56. The highest BCUT2D eigenvalue weighted by molar-refractivity contribution is 7.07. The smallest absolute Gasteiger partial charge is 0.270 e. The molecule has 5 nitrogen and oxygen atoms in total. The number of hydrogen-bond acceptors (Lipinski definition) is 5. The standard InChI is InChI=1S/C13H22N4OS/c1-2-16-6-8-17(9-7-16)5-3-4-14-13(18)12-10-19-11-15-12/h10-11H,2-9H2,1H3,(H,14,18). The van der Waals surface area contributed by atoms with Gasteiger partial charge in [-0.15, -0.1) is 11.3 Å². The van der Waals surface area contributed by atoms with Crippen molar-refractivity contribution in [3.63, 3.8) is 0 Å². The lowest BCUT2D eigenvalue weighted by Crippen LogP contribution is -2.46. The second-order valence-corrected chi connectivity index (χ2v) is 5.48. The minimum Gasteiger partial charge on any atom is -0.351 e. The summed E-state index contributed by atoms with van der Waals surface area (Å²) in [7, 11) is 0. The summed E-state index contributed by atoms with van der Waals surface area (Å²) in [5.74, 6) is -0.0583. The molecule has 0 spiro atoms. The van der Waals surface area contributed by atoms with E-state index in [2.05, 4.69) is 27.0 Å². The lowest BCUT2D eigenvalue weighted by Gasteiger charge is -2.33. The van der Waals surface area contributed by atoms with E-state index in [-0.39, 0.29) is 5.91 Å². The van der Waals surface area contributed by atoms with Crippen LogP contribution >= 0.6 is 11.3 Å². The first-order chi connectivity index (χ1) is 9.29. The van der Waals surface area contributed by atoms with Gasteiger partial charge in [0.15, 0.2) is 0 Å². The molecule has 0 aromatic carbocycles. The van der Waals surface area contributed by atoms with Crippen LogP contribution in [0.5, 0.6) is 0 Å². The van der Waals surface area contributed by atoms with E-state index < -0.39 is 0 Å². The Balaban J connectivity index is 1.56. The molecule has 1 aromatic rings. The molecule has 0 atom stereocenters. The number of thiazole rings is 1. The topological polar surface area (TPSA) is 48.5 Å². The largest absolute Gasteiger partial charge is 0.351 e. The second kappa shape index (κ2) is 7.57. The van der Waals surface area contributed by atoms with Crippen LogP contribution < -0.4 is 5.32 Å². The van der Waals surface area contributed by atoms with Crippen LogP contribution in [0.1, 0.15) is 23.8 Å². The maximum Gasteiger partial charge on any atom is 0.270 e. The van der Waals surface area contributed by atoms with Crippen LogP contribution in [0.3, 0.4) is 0 Å². The predicted molar refractivity (Wildman–Crippen MR) is 77.6 cm³/mol. The number of likely N-dealkylation sites (N-methyl/N-ethyl adjacent to an activating group) is 1. The van der Waals surface area contributed by atoms with Gasteiger partial charge in [0, 0.05) is 38.1 Å². The van der Waals surface area contributed by atoms with Gasteiger partial charge in [-0.25, -0.2) is 4.98 Å². The molecule has 2 heterocycles. The van der Waals surface area contributed by atoms with Crippen LogP contribution in [0.25, 0.3) is 0 Å². The van der Waals surface area contributed by atoms with Crippen LogP contribution in [0.2, 0.25) is 0 Å². The van der Waals surface area contributed by atoms with Gasteiger partial charge in [0.2, 0.25) is 0 Å². The van der Waals surface area contributed by atoms with Gasteiger partial charge in [-0.3, -0.25) is 4.79 Å². The molecular weight excluding hydrogens is 260 g/mol. The molecule has 0 unspecified atom stereocenters. The van der Waals surface area contributed by atoms with E-state index in [1.807, 2.05) is 0 Å². The summed E-state index contributed by atoms with van der Waals surface area (Å²) in [6.07, 6.45) is 1.00. The van der Waals surface area contributed by atoms with Gasteiger partial charge < -0.3 is 15.1 Å². The van der Waals surface area contributed by atoms with Gasteiger partial charge in [0.1, 0.15) is 5.69 Å². The molecule has 1 fully saturated rings. The summed E-state index contributed by atoms with van der Waals surface area (Å²) >= 11 is 1.45. The quantitative estimate of drug-likeness (QED) is 0.788. The minimum atomic E-state index is -0.0583. The molecule has 0 aliphatic carbocycles. The van der Waals surface area contributed by atoms with Crippen LogP contribution in [0.15, 0.2) is 10.9 Å². The Hall–Kier alpha value is -0.980. The van der Waals surface area contributed by atoms with E-state index in [0.29, 0.717) is 5.69 Å². The van der Waals surface area contributed by atoms with Crippen molar-refractivity contribution in [3.05, 3.63) is 16.6 Å². The average Bonchev–Trinajstić information content (AvgIpc) is 2.98. The van der Waals surface area contributed by atoms with Crippen molar-refractivity contribution < 1.29 is 4.79 Å². The van der Waals surface area contributed by atoms with Crippen molar-refractivity contribution in [2.75, 3.05) is 45.8 Å². The molecule has 1 amide bonds. The molecule has 1 aromatic heterocycles. The number of rotatable bonds is 6. The van der Waals surface area contributed by atoms with Gasteiger partial charge in [0.05, 0.1) is 5.51 Å². The molecule has 19 heavy (non-hydrogen) atoms. The van der Waals surface area contributed by atoms with Crippen molar-refractivity contribution in [1.82, 2.24) is 20.1 Å². The lowest BCUT2D eigenvalue weighted by molar-refractivity contribution is 0.0944. The molecule has 1 saturated heterocycles. The van der Waals surface area contributed by atoms with Crippen molar-refractivity contribution in [2.24, 2.45) is 0 Å². The fourth-order valence-electron chi connectivity index (χ4n) is 2.25. The number of nitrogens with one attached hydrogen (secondary N) is 1. The number of hydrogen-bond donors (Lipinski definition) is 1. The second-order valence-electron chi connectivity index (χ2n) is 4.76. The van der Waals surface area contributed by atoms with E-state index in [9.17, 15) is 4.79 Å². The SMILES string of the molecule is CCN1CCN(CCCNC(=O)c2cscn2)CC1. The fraction of sp³-hybridized carbons (Fsp3) is 0.692. The summed E-state index contributed by atoms with van der Waals surface area (Å²) in [5.41, 5.74) is 2.21. The van der Waals surface area contributed by atoms with Crippen LogP contribution in [-0.2, 0) is 0 Å². The highest BCUT2D eigenvalue weighted by Crippen LogP contribution is 2.02. The van der Waals surface area contributed by atoms with Gasteiger partial charge in [0.25, 0.3) is 5.91 Å². The molecule has 0 bridgehead atoms. The monoisotopic (exact) mass is 282 g/mol. The van der Waals surface area contributed by atoms with Crippen LogP contribution in [0.4, 0.5) is 0 Å². The van der Waals surface area contributed by atoms with E-state index in [4.69, 9.17) is 0 Å². The van der Waals surface area contributed by atoms with Crippen molar-refractivity contribution in [2.45, 2.75) is 13.3 Å². The van der Waals surface area contributed by atoms with E-state index >= 15 is 0 Å². The molecule has 6 heteroatoms. The average molecular weight is 282 g/mol. The molecule has 106 valence electrons. The van der Waals surface area contributed by atoms with Crippen molar-refractivity contribution in [3.8, 4) is 0 Å². The first-order valence-corrected chi connectivity index (χ1v) is 7.85. The molecule has 0 radical (unpaired) electrons. The van der Waals surface area contributed by atoms with E-state index in [1.165, 1.54) is 24.4 Å². The molecular formula is C13H22N4OS. The Bertz CT molecular complexity index is 374. The summed E-state index contributed by atoms with van der Waals surface area (Å²) in [4.78, 5) is 20.6. The number of nitrogens with zero attached hydrogens (tertiary/aromatic N) is 3. The molecule has 2 rings (SSSR count). The first-order valence-electron chi connectivity index (χ1n) is 6.90. The third-order valence-corrected chi connectivity index (χ3v) is 4.10. The van der Waals surface area contributed by atoms with Crippen LogP contribution in [0, 0.1) is 0 Å². The van der Waals surface area contributed by atoms with Gasteiger partial charge >= 0.3 is 0 Å². The van der Waals surface area contributed by atoms with Crippen molar-refractivity contribution >= 4 is 17.2 Å². The highest BCUT2D eigenvalue weighted by atomic mass is 32.1. The Morgan fingerprint density at radius 3 is 2.74 bits per heavy atom. The van der Waals surface area contributed by atoms with Gasteiger partial charge in [-0.1, -0.05) is 6.92 Å². The van der Waals surface area contributed by atoms with E-state index in [0.717, 1.165) is 39.1 Å². The Morgan fingerprint density at radius 2 is 2.11 bits per heavy atom. The zero-order chi connectivity index (χ0) is 13.5. The Kier molecular flexibility index (Phi) is 5.75. The molecule has 1 aliphatic rings. The predicted octanol–water partition coefficient (Wildman–Crippen LogP) is 0.900. The Morgan fingerprint density at radius 1 is 1.37 bits per heavy atom. The van der Waals surface area contributed by atoms with Crippen LogP contribution in [-0.4, -0.2) is 66.5 Å².